The Kier molecular flexibility index (Phi) is 4.95. The molecule has 0 atom stereocenters. The highest BCUT2D eigenvalue weighted by Gasteiger charge is 2.23. The Morgan fingerprint density at radius 2 is 2.00 bits per heavy atom. The summed E-state index contributed by atoms with van der Waals surface area (Å²) in [6.07, 6.45) is 6.74. The Morgan fingerprint density at radius 3 is 2.77 bits per heavy atom. The molecule has 1 fully saturated rings. The van der Waals surface area contributed by atoms with Crippen LogP contribution in [0.2, 0.25) is 5.02 Å². The molecule has 0 radical (unpaired) electrons. The van der Waals surface area contributed by atoms with E-state index < -0.39 is 0 Å². The Hall–Kier alpha value is -2.31. The smallest absolute Gasteiger partial charge is 0.270 e. The first-order valence-electron chi connectivity index (χ1n) is 8.95. The number of nitrogens with zero attached hydrogens (tertiary/aromatic N) is 4. The van der Waals surface area contributed by atoms with E-state index in [-0.39, 0.29) is 5.91 Å². The lowest BCUT2D eigenvalue weighted by atomic mass is 10.2. The van der Waals surface area contributed by atoms with E-state index in [0.717, 1.165) is 56.6 Å². The summed E-state index contributed by atoms with van der Waals surface area (Å²) in [5, 5.41) is 1.65. The minimum absolute atomic E-state index is 0.0652. The molecule has 4 rings (SSSR count). The van der Waals surface area contributed by atoms with Gasteiger partial charge in [0.1, 0.15) is 5.69 Å². The average Bonchev–Trinajstić information content (AvgIpc) is 3.31. The molecule has 1 amide bonds. The van der Waals surface area contributed by atoms with E-state index in [1.54, 1.807) is 0 Å². The molecule has 3 aromatic rings. The molecule has 1 aliphatic heterocycles. The molecule has 26 heavy (non-hydrogen) atoms. The number of benzene rings is 1. The Morgan fingerprint density at radius 1 is 1.15 bits per heavy atom. The van der Waals surface area contributed by atoms with E-state index >= 15 is 0 Å². The number of hydrogen-bond donors (Lipinski definition) is 1. The highest BCUT2D eigenvalue weighted by molar-refractivity contribution is 6.31. The van der Waals surface area contributed by atoms with Crippen molar-refractivity contribution in [3.05, 3.63) is 53.7 Å². The van der Waals surface area contributed by atoms with Crippen molar-refractivity contribution < 1.29 is 4.79 Å². The van der Waals surface area contributed by atoms with Crippen LogP contribution in [0, 0.1) is 0 Å². The number of aromatic nitrogens is 3. The van der Waals surface area contributed by atoms with Gasteiger partial charge < -0.3 is 14.5 Å². The number of rotatable bonds is 5. The average molecular weight is 372 g/mol. The monoisotopic (exact) mass is 371 g/mol. The number of halogens is 1. The van der Waals surface area contributed by atoms with Crippen LogP contribution < -0.4 is 0 Å². The molecule has 0 aliphatic carbocycles. The number of aromatic amines is 1. The molecule has 1 saturated heterocycles. The number of aryl methyl sites for hydroxylation is 1. The zero-order valence-electron chi connectivity index (χ0n) is 14.6. The minimum Gasteiger partial charge on any atom is -0.351 e. The van der Waals surface area contributed by atoms with Crippen LogP contribution >= 0.6 is 11.6 Å². The third-order valence-corrected chi connectivity index (χ3v) is 5.16. The number of fused-ring (bicyclic) bond motifs is 1. The van der Waals surface area contributed by atoms with Crippen molar-refractivity contribution in [2.24, 2.45) is 0 Å². The van der Waals surface area contributed by atoms with E-state index in [2.05, 4.69) is 19.4 Å². The van der Waals surface area contributed by atoms with Crippen molar-refractivity contribution in [1.29, 1.82) is 0 Å². The summed E-state index contributed by atoms with van der Waals surface area (Å²) in [6, 6.07) is 7.51. The standard InChI is InChI=1S/C19H22ClN5O/c20-16-2-3-17-15(12-16)13-18(22-17)19(26)25-10-8-23(9-11-25)5-1-6-24-7-4-21-14-24/h2-4,7,12-14,22H,1,5-6,8-11H2. The van der Waals surface area contributed by atoms with E-state index in [9.17, 15) is 4.79 Å². The van der Waals surface area contributed by atoms with Gasteiger partial charge in [0.05, 0.1) is 6.33 Å². The second kappa shape index (κ2) is 7.51. The summed E-state index contributed by atoms with van der Waals surface area (Å²) in [4.78, 5) is 24.4. The predicted octanol–water partition coefficient (Wildman–Crippen LogP) is 2.87. The lowest BCUT2D eigenvalue weighted by Gasteiger charge is -2.34. The highest BCUT2D eigenvalue weighted by atomic mass is 35.5. The van der Waals surface area contributed by atoms with Crippen LogP contribution in [0.1, 0.15) is 16.9 Å². The summed E-state index contributed by atoms with van der Waals surface area (Å²) in [6.45, 7) is 5.39. The maximum atomic E-state index is 12.8. The lowest BCUT2D eigenvalue weighted by molar-refractivity contribution is 0.0630. The summed E-state index contributed by atoms with van der Waals surface area (Å²) in [7, 11) is 0. The van der Waals surface area contributed by atoms with Crippen LogP contribution in [-0.4, -0.2) is 63.0 Å². The van der Waals surface area contributed by atoms with Crippen LogP contribution in [0.3, 0.4) is 0 Å². The zero-order valence-corrected chi connectivity index (χ0v) is 15.3. The molecule has 136 valence electrons. The molecule has 0 spiro atoms. The topological polar surface area (TPSA) is 57.2 Å². The molecule has 0 unspecified atom stereocenters. The Labute approximate surface area is 157 Å². The van der Waals surface area contributed by atoms with Crippen LogP contribution in [-0.2, 0) is 6.54 Å². The maximum absolute atomic E-state index is 12.8. The van der Waals surface area contributed by atoms with Gasteiger partial charge in [-0.1, -0.05) is 11.6 Å². The molecule has 0 saturated carbocycles. The zero-order chi connectivity index (χ0) is 17.9. The van der Waals surface area contributed by atoms with Gasteiger partial charge in [0.25, 0.3) is 5.91 Å². The Bertz CT molecular complexity index is 881. The number of H-pyrrole nitrogens is 1. The second-order valence-electron chi connectivity index (χ2n) is 6.70. The fourth-order valence-electron chi connectivity index (χ4n) is 3.46. The fraction of sp³-hybridized carbons (Fsp3) is 0.368. The van der Waals surface area contributed by atoms with E-state index in [4.69, 9.17) is 11.6 Å². The van der Waals surface area contributed by atoms with Crippen LogP contribution in [0.15, 0.2) is 43.0 Å². The number of amides is 1. The summed E-state index contributed by atoms with van der Waals surface area (Å²) in [5.74, 6) is 0.0652. The number of carbonyl (C=O) groups excluding carboxylic acids is 1. The SMILES string of the molecule is O=C(c1cc2cc(Cl)ccc2[nH]1)N1CCN(CCCn2ccnc2)CC1. The number of nitrogens with one attached hydrogen (secondary N) is 1. The number of piperazine rings is 1. The quantitative estimate of drug-likeness (QED) is 0.750. The molecule has 1 N–H and O–H groups in total. The van der Waals surface area contributed by atoms with Crippen molar-refractivity contribution in [2.45, 2.75) is 13.0 Å². The van der Waals surface area contributed by atoms with E-state index in [0.29, 0.717) is 10.7 Å². The fourth-order valence-corrected chi connectivity index (χ4v) is 3.64. The van der Waals surface area contributed by atoms with Crippen molar-refractivity contribution in [3.63, 3.8) is 0 Å². The van der Waals surface area contributed by atoms with Crippen LogP contribution in [0.5, 0.6) is 0 Å². The van der Waals surface area contributed by atoms with Gasteiger partial charge in [-0.2, -0.15) is 0 Å². The normalized spacial score (nSPS) is 15.7. The van der Waals surface area contributed by atoms with Crippen molar-refractivity contribution in [3.8, 4) is 0 Å². The maximum Gasteiger partial charge on any atom is 0.270 e. The molecule has 0 bridgehead atoms. The third-order valence-electron chi connectivity index (χ3n) is 4.92. The van der Waals surface area contributed by atoms with Crippen molar-refractivity contribution >= 4 is 28.4 Å². The van der Waals surface area contributed by atoms with Crippen molar-refractivity contribution in [1.82, 2.24) is 24.3 Å². The van der Waals surface area contributed by atoms with E-state index in [1.165, 1.54) is 0 Å². The molecule has 1 aromatic carbocycles. The molecule has 6 nitrogen and oxygen atoms in total. The third kappa shape index (κ3) is 3.76. The number of carbonyl (C=O) groups is 1. The van der Waals surface area contributed by atoms with Crippen molar-refractivity contribution in [2.75, 3.05) is 32.7 Å². The molecule has 3 heterocycles. The van der Waals surface area contributed by atoms with E-state index in [1.807, 2.05) is 47.9 Å². The van der Waals surface area contributed by atoms with Gasteiger partial charge in [0.15, 0.2) is 0 Å². The number of imidazole rings is 1. The van der Waals surface area contributed by atoms with Gasteiger partial charge in [-0.05, 0) is 37.2 Å². The lowest BCUT2D eigenvalue weighted by Crippen LogP contribution is -2.49. The minimum atomic E-state index is 0.0652. The molecular formula is C19H22ClN5O. The molecular weight excluding hydrogens is 350 g/mol. The van der Waals surface area contributed by atoms with Gasteiger partial charge >= 0.3 is 0 Å². The van der Waals surface area contributed by atoms with Gasteiger partial charge in [-0.3, -0.25) is 9.69 Å². The number of hydrogen-bond acceptors (Lipinski definition) is 3. The summed E-state index contributed by atoms with van der Waals surface area (Å²) >= 11 is 6.03. The van der Waals surface area contributed by atoms with Gasteiger partial charge in [-0.25, -0.2) is 4.98 Å². The summed E-state index contributed by atoms with van der Waals surface area (Å²) in [5.41, 5.74) is 1.58. The summed E-state index contributed by atoms with van der Waals surface area (Å²) < 4.78 is 2.10. The first-order valence-corrected chi connectivity index (χ1v) is 9.32. The Balaban J connectivity index is 1.30. The van der Waals surface area contributed by atoms with Gasteiger partial charge in [0.2, 0.25) is 0 Å². The predicted molar refractivity (Wildman–Crippen MR) is 102 cm³/mol. The largest absolute Gasteiger partial charge is 0.351 e. The van der Waals surface area contributed by atoms with Crippen LogP contribution in [0.25, 0.3) is 10.9 Å². The van der Waals surface area contributed by atoms with Gasteiger partial charge in [0, 0.05) is 61.0 Å². The van der Waals surface area contributed by atoms with Gasteiger partial charge in [-0.15, -0.1) is 0 Å². The molecule has 7 heteroatoms. The van der Waals surface area contributed by atoms with Crippen LogP contribution in [0.4, 0.5) is 0 Å². The second-order valence-corrected chi connectivity index (χ2v) is 7.14. The molecule has 2 aromatic heterocycles. The highest BCUT2D eigenvalue weighted by Crippen LogP contribution is 2.21. The molecule has 1 aliphatic rings. The first kappa shape index (κ1) is 17.1. The first-order chi connectivity index (χ1) is 12.7.